The predicted molar refractivity (Wildman–Crippen MR) is 85.8 cm³/mol. The van der Waals surface area contributed by atoms with Gasteiger partial charge in [0.05, 0.1) is 0 Å². The molecule has 0 aromatic heterocycles. The molecule has 1 aliphatic carbocycles. The van der Waals surface area contributed by atoms with Gasteiger partial charge < -0.3 is 24.8 Å². The molecule has 5 heteroatoms. The van der Waals surface area contributed by atoms with E-state index in [9.17, 15) is 0 Å². The zero-order chi connectivity index (χ0) is 14.5. The Bertz CT molecular complexity index is 412. The maximum Gasteiger partial charge on any atom is -1.00 e. The first-order chi connectivity index (χ1) is 7.70. The standard InChI is InChI=1S/C9H14N.C2H7Si.4CH3.2ClH.Hf/c1-9(2,3)10-8-6-4-5-7-8;1-3-2;;;;;;;/h4-6H,7H2,1-3H3;3H,1-2H3;4*1H3;2*1H;/q-1;;;;;;;;+3/p-2. The van der Waals surface area contributed by atoms with E-state index >= 15 is 0 Å². The second-order valence-corrected chi connectivity index (χ2v) is 84.7. The van der Waals surface area contributed by atoms with Gasteiger partial charge in [0.25, 0.3) is 0 Å². The minimum absolute atomic E-state index is 0. The van der Waals surface area contributed by atoms with Gasteiger partial charge in [0, 0.05) is 0 Å². The molecule has 0 spiro atoms. The molecule has 0 fully saturated rings. The van der Waals surface area contributed by atoms with E-state index in [2.05, 4.69) is 73.7 Å². The number of halogens is 2. The maximum atomic E-state index is 2.90. The topological polar surface area (TPSA) is 3.24 Å². The van der Waals surface area contributed by atoms with Gasteiger partial charge in [0.15, 0.2) is 0 Å². The van der Waals surface area contributed by atoms with Crippen LogP contribution < -0.4 is 24.8 Å². The molecule has 0 radical (unpaired) electrons. The second-order valence-electron chi connectivity index (χ2n) is 10.1. The van der Waals surface area contributed by atoms with Gasteiger partial charge in [-0.25, -0.2) is 0 Å². The van der Waals surface area contributed by atoms with Crippen LogP contribution in [0.4, 0.5) is 0 Å². The monoisotopic (exact) mass is 505 g/mol. The third-order valence-corrected chi connectivity index (χ3v) is 78.7. The fourth-order valence-corrected chi connectivity index (χ4v) is 30.4. The van der Waals surface area contributed by atoms with E-state index in [1.54, 1.807) is 5.70 Å². The molecule has 0 bridgehead atoms. The van der Waals surface area contributed by atoms with Crippen molar-refractivity contribution in [2.75, 3.05) is 0 Å². The van der Waals surface area contributed by atoms with E-state index in [1.165, 1.54) is 0 Å². The van der Waals surface area contributed by atoms with Crippen LogP contribution in [-0.4, -0.2) is 14.4 Å². The van der Waals surface area contributed by atoms with Crippen LogP contribution in [0.3, 0.4) is 0 Å². The summed E-state index contributed by atoms with van der Waals surface area (Å²) in [5, 5.41) is 0. The molecule has 0 amide bonds. The number of hydrogen-bond acceptors (Lipinski definition) is 1. The molecule has 0 aromatic rings. The first kappa shape index (κ1) is 23.2. The molecule has 0 N–H and O–H groups in total. The number of rotatable bonds is 3. The molecule has 0 aliphatic heterocycles. The first-order valence-electron chi connectivity index (χ1n) is 7.33. The van der Waals surface area contributed by atoms with Crippen molar-refractivity contribution in [2.24, 2.45) is 0 Å². The second kappa shape index (κ2) is 5.86. The summed E-state index contributed by atoms with van der Waals surface area (Å²) >= 11 is -3.41. The zero-order valence-electron chi connectivity index (χ0n) is 14.7. The van der Waals surface area contributed by atoms with Gasteiger partial charge in [0.2, 0.25) is 0 Å². The molecule has 1 aliphatic rings. The van der Waals surface area contributed by atoms with Gasteiger partial charge in [-0.05, 0) is 0 Å². The van der Waals surface area contributed by atoms with Gasteiger partial charge in [-0.1, -0.05) is 0 Å². The van der Waals surface area contributed by atoms with Crippen LogP contribution in [0.1, 0.15) is 27.2 Å². The number of allylic oxidation sites excluding steroid dienone is 3. The third-order valence-electron chi connectivity index (χ3n) is 5.30. The Balaban J connectivity index is 0. The zero-order valence-corrected chi connectivity index (χ0v) is 21.0. The SMILES string of the molecule is C[SiH](C)[Hf+2]([CH3])([CH3])([CH3])([CH3])[N](C1=CC=CC1)C(C)(C)C.[Cl-].[Cl-]. The number of nitrogens with zero attached hydrogens (tertiary/aromatic N) is 1. The van der Waals surface area contributed by atoms with Crippen molar-refractivity contribution in [2.45, 2.75) is 64.5 Å². The van der Waals surface area contributed by atoms with Crippen LogP contribution in [0, 0.1) is 0 Å². The molecule has 1 rings (SSSR count). The Kier molecular flexibility index (Phi) is 6.81. The van der Waals surface area contributed by atoms with Gasteiger partial charge in [-0.2, -0.15) is 0 Å². The van der Waals surface area contributed by atoms with Crippen molar-refractivity contribution < 1.29 is 41.3 Å². The van der Waals surface area contributed by atoms with Crippen LogP contribution in [0.5, 0.6) is 0 Å². The average molecular weight is 505 g/mol. The summed E-state index contributed by atoms with van der Waals surface area (Å²) in [5.74, 6) is -0.756. The predicted octanol–water partition coefficient (Wildman–Crippen LogP) is -0.745. The Labute approximate surface area is 138 Å². The number of hydrogen-bond donors (Lipinski definition) is 0. The first-order valence-corrected chi connectivity index (χ1v) is 32.4. The summed E-state index contributed by atoms with van der Waals surface area (Å²) in [5.41, 5.74) is 1.78. The largest absolute Gasteiger partial charge is 1.00 e. The smallest absolute Gasteiger partial charge is 1.00 e. The third kappa shape index (κ3) is 4.24. The Hall–Kier alpha value is 0.947. The maximum absolute atomic E-state index is 3.41. The van der Waals surface area contributed by atoms with E-state index < -0.39 is 22.5 Å². The van der Waals surface area contributed by atoms with E-state index in [0.29, 0.717) is 0 Å². The van der Waals surface area contributed by atoms with Gasteiger partial charge >= 0.3 is 114 Å². The Morgan fingerprint density at radius 3 is 1.75 bits per heavy atom. The quantitative estimate of drug-likeness (QED) is 0.458. The molecule has 0 heterocycles. The van der Waals surface area contributed by atoms with Crippen LogP contribution >= 0.6 is 0 Å². The summed E-state index contributed by atoms with van der Waals surface area (Å²) in [6.45, 7) is 12.3. The van der Waals surface area contributed by atoms with E-state index in [4.69, 9.17) is 0 Å². The molecule has 0 saturated heterocycles. The molecule has 20 heavy (non-hydrogen) atoms. The Morgan fingerprint density at radius 2 is 1.50 bits per heavy atom. The molecule has 120 valence electrons. The van der Waals surface area contributed by atoms with E-state index in [-0.39, 0.29) is 30.4 Å². The van der Waals surface area contributed by atoms with Gasteiger partial charge in [-0.15, -0.1) is 0 Å². The fraction of sp³-hybridized carbons (Fsp3) is 0.733. The summed E-state index contributed by atoms with van der Waals surface area (Å²) in [7, 11) is 0. The van der Waals surface area contributed by atoms with Gasteiger partial charge in [0.1, 0.15) is 0 Å². The normalized spacial score (nSPS) is 16.8. The molecular formula is C15H33Cl2HfNSi. The minimum Gasteiger partial charge on any atom is -1.00 e. The summed E-state index contributed by atoms with van der Waals surface area (Å²) in [4.78, 5) is 0. The molecular weight excluding hydrogens is 472 g/mol. The Morgan fingerprint density at radius 1 is 1.05 bits per heavy atom. The van der Waals surface area contributed by atoms with E-state index in [1.807, 2.05) is 0 Å². The van der Waals surface area contributed by atoms with Crippen molar-refractivity contribution in [3.63, 3.8) is 0 Å². The van der Waals surface area contributed by atoms with E-state index in [0.717, 1.165) is 6.42 Å². The van der Waals surface area contributed by atoms with Crippen molar-refractivity contribution in [3.8, 4) is 0 Å². The molecule has 1 nitrogen and oxygen atoms in total. The van der Waals surface area contributed by atoms with Crippen molar-refractivity contribution in [3.05, 3.63) is 23.9 Å². The van der Waals surface area contributed by atoms with Crippen LogP contribution in [0.25, 0.3) is 0 Å². The summed E-state index contributed by atoms with van der Waals surface area (Å²) in [6, 6.07) is 0. The van der Waals surface area contributed by atoms with Crippen molar-refractivity contribution in [1.82, 2.24) is 2.89 Å². The molecule has 0 saturated carbocycles. The van der Waals surface area contributed by atoms with Crippen LogP contribution in [0.15, 0.2) is 23.9 Å². The fourth-order valence-electron chi connectivity index (χ4n) is 3.48. The minimum atomic E-state index is -3.41. The van der Waals surface area contributed by atoms with Crippen molar-refractivity contribution in [1.29, 1.82) is 0 Å². The summed E-state index contributed by atoms with van der Waals surface area (Å²) in [6.07, 6.45) is 7.99. The van der Waals surface area contributed by atoms with Gasteiger partial charge in [-0.3, -0.25) is 0 Å². The average Bonchev–Trinajstić information content (AvgIpc) is 2.50. The van der Waals surface area contributed by atoms with Crippen LogP contribution in [0.2, 0.25) is 31.8 Å². The molecule has 0 unspecified atom stereocenters. The molecule has 0 aromatic carbocycles. The van der Waals surface area contributed by atoms with Crippen molar-refractivity contribution >= 4 is 5.98 Å². The summed E-state index contributed by atoms with van der Waals surface area (Å²) < 4.78 is 13.6. The van der Waals surface area contributed by atoms with Crippen LogP contribution in [-0.2, 0) is 16.5 Å². The molecule has 0 atom stereocenters.